The SMILES string of the molecule is CC(C)CNCCCCN1CCOc2ccccc2C1. The Bertz CT molecular complexity index is 392. The average molecular weight is 276 g/mol. The third-order valence-corrected chi connectivity index (χ3v) is 3.66. The summed E-state index contributed by atoms with van der Waals surface area (Å²) < 4.78 is 5.80. The lowest BCUT2D eigenvalue weighted by Gasteiger charge is -2.19. The third kappa shape index (κ3) is 5.14. The summed E-state index contributed by atoms with van der Waals surface area (Å²) in [7, 11) is 0. The Labute approximate surface area is 123 Å². The normalized spacial score (nSPS) is 15.8. The van der Waals surface area contributed by atoms with E-state index in [2.05, 4.69) is 48.3 Å². The van der Waals surface area contributed by atoms with Crippen LogP contribution in [0.5, 0.6) is 5.75 Å². The second-order valence-electron chi connectivity index (χ2n) is 6.04. The minimum Gasteiger partial charge on any atom is -0.492 e. The number of nitrogens with zero attached hydrogens (tertiary/aromatic N) is 1. The van der Waals surface area contributed by atoms with Crippen molar-refractivity contribution < 1.29 is 4.74 Å². The summed E-state index contributed by atoms with van der Waals surface area (Å²) in [4.78, 5) is 2.51. The van der Waals surface area contributed by atoms with Crippen LogP contribution in [-0.4, -0.2) is 37.7 Å². The van der Waals surface area contributed by atoms with Gasteiger partial charge >= 0.3 is 0 Å². The van der Waals surface area contributed by atoms with E-state index in [1.165, 1.54) is 24.9 Å². The summed E-state index contributed by atoms with van der Waals surface area (Å²) in [5.74, 6) is 1.81. The highest BCUT2D eigenvalue weighted by Crippen LogP contribution is 2.22. The molecule has 2 rings (SSSR count). The zero-order valence-corrected chi connectivity index (χ0v) is 12.9. The van der Waals surface area contributed by atoms with E-state index in [9.17, 15) is 0 Å². The molecule has 0 saturated carbocycles. The van der Waals surface area contributed by atoms with Gasteiger partial charge in [0.25, 0.3) is 0 Å². The van der Waals surface area contributed by atoms with E-state index in [0.29, 0.717) is 0 Å². The molecule has 1 aliphatic heterocycles. The second-order valence-corrected chi connectivity index (χ2v) is 6.04. The fourth-order valence-corrected chi connectivity index (χ4v) is 2.55. The van der Waals surface area contributed by atoms with Gasteiger partial charge in [-0.25, -0.2) is 0 Å². The third-order valence-electron chi connectivity index (χ3n) is 3.66. The van der Waals surface area contributed by atoms with E-state index >= 15 is 0 Å². The van der Waals surface area contributed by atoms with Crippen LogP contribution in [0.2, 0.25) is 0 Å². The van der Waals surface area contributed by atoms with Crippen molar-refractivity contribution in [3.8, 4) is 5.75 Å². The summed E-state index contributed by atoms with van der Waals surface area (Å²) in [5, 5.41) is 3.51. The van der Waals surface area contributed by atoms with Crippen LogP contribution in [0.15, 0.2) is 24.3 Å². The molecule has 1 N–H and O–H groups in total. The largest absolute Gasteiger partial charge is 0.492 e. The van der Waals surface area contributed by atoms with Crippen molar-refractivity contribution in [3.05, 3.63) is 29.8 Å². The highest BCUT2D eigenvalue weighted by atomic mass is 16.5. The molecule has 0 saturated heterocycles. The Morgan fingerprint density at radius 1 is 1.25 bits per heavy atom. The molecule has 1 heterocycles. The molecule has 0 amide bonds. The topological polar surface area (TPSA) is 24.5 Å². The minimum absolute atomic E-state index is 0.745. The van der Waals surface area contributed by atoms with Crippen molar-refractivity contribution in [3.63, 3.8) is 0 Å². The van der Waals surface area contributed by atoms with Crippen LogP contribution >= 0.6 is 0 Å². The molecule has 3 nitrogen and oxygen atoms in total. The summed E-state index contributed by atoms with van der Waals surface area (Å²) in [5.41, 5.74) is 1.32. The zero-order chi connectivity index (χ0) is 14.2. The number of nitrogens with one attached hydrogen (secondary N) is 1. The standard InChI is InChI=1S/C17H28N2O/c1-15(2)13-18-9-5-6-10-19-11-12-20-17-8-4-3-7-16(17)14-19/h3-4,7-8,15,18H,5-6,9-14H2,1-2H3. The first kappa shape index (κ1) is 15.3. The van der Waals surface area contributed by atoms with Gasteiger partial charge in [0.2, 0.25) is 0 Å². The molecule has 0 aromatic heterocycles. The van der Waals surface area contributed by atoms with Gasteiger partial charge in [-0.2, -0.15) is 0 Å². The summed E-state index contributed by atoms with van der Waals surface area (Å²) in [6.45, 7) is 10.8. The van der Waals surface area contributed by atoms with Crippen molar-refractivity contribution in [2.24, 2.45) is 5.92 Å². The molecule has 0 spiro atoms. The van der Waals surface area contributed by atoms with Crippen LogP contribution in [-0.2, 0) is 6.54 Å². The van der Waals surface area contributed by atoms with Gasteiger partial charge in [-0.05, 0) is 44.5 Å². The maximum Gasteiger partial charge on any atom is 0.123 e. The van der Waals surface area contributed by atoms with Crippen LogP contribution in [0.3, 0.4) is 0 Å². The lowest BCUT2D eigenvalue weighted by atomic mass is 10.2. The predicted molar refractivity (Wildman–Crippen MR) is 84.2 cm³/mol. The predicted octanol–water partition coefficient (Wildman–Crippen LogP) is 2.91. The molecule has 1 aliphatic rings. The Morgan fingerprint density at radius 3 is 2.95 bits per heavy atom. The van der Waals surface area contributed by atoms with Crippen molar-refractivity contribution in [2.75, 3.05) is 32.8 Å². The van der Waals surface area contributed by atoms with Crippen LogP contribution < -0.4 is 10.1 Å². The smallest absolute Gasteiger partial charge is 0.123 e. The van der Waals surface area contributed by atoms with Gasteiger partial charge in [-0.1, -0.05) is 32.0 Å². The van der Waals surface area contributed by atoms with Gasteiger partial charge in [0.05, 0.1) is 0 Å². The van der Waals surface area contributed by atoms with Gasteiger partial charge in [0, 0.05) is 18.7 Å². The minimum atomic E-state index is 0.745. The van der Waals surface area contributed by atoms with E-state index in [1.54, 1.807) is 0 Å². The lowest BCUT2D eigenvalue weighted by Crippen LogP contribution is -2.28. The molecule has 3 heteroatoms. The Balaban J connectivity index is 1.67. The van der Waals surface area contributed by atoms with E-state index < -0.39 is 0 Å². The van der Waals surface area contributed by atoms with Gasteiger partial charge in [0.15, 0.2) is 0 Å². The Morgan fingerprint density at radius 2 is 2.10 bits per heavy atom. The zero-order valence-electron chi connectivity index (χ0n) is 12.9. The molecule has 0 aliphatic carbocycles. The van der Waals surface area contributed by atoms with Crippen LogP contribution in [0, 0.1) is 5.92 Å². The van der Waals surface area contributed by atoms with Crippen molar-refractivity contribution >= 4 is 0 Å². The average Bonchev–Trinajstić information content (AvgIpc) is 2.64. The lowest BCUT2D eigenvalue weighted by molar-refractivity contribution is 0.222. The summed E-state index contributed by atoms with van der Waals surface area (Å²) in [6.07, 6.45) is 2.51. The highest BCUT2D eigenvalue weighted by Gasteiger charge is 2.13. The molecule has 0 unspecified atom stereocenters. The molecule has 1 aromatic carbocycles. The van der Waals surface area contributed by atoms with Crippen molar-refractivity contribution in [2.45, 2.75) is 33.2 Å². The number of ether oxygens (including phenoxy) is 1. The Hall–Kier alpha value is -1.06. The number of unbranched alkanes of at least 4 members (excludes halogenated alkanes) is 1. The number of para-hydroxylation sites is 1. The first-order chi connectivity index (χ1) is 9.75. The fraction of sp³-hybridized carbons (Fsp3) is 0.647. The maximum atomic E-state index is 5.80. The van der Waals surface area contributed by atoms with Gasteiger partial charge in [0.1, 0.15) is 12.4 Å². The van der Waals surface area contributed by atoms with Crippen LogP contribution in [0.4, 0.5) is 0 Å². The molecular weight excluding hydrogens is 248 g/mol. The first-order valence-electron chi connectivity index (χ1n) is 7.89. The van der Waals surface area contributed by atoms with Gasteiger partial charge < -0.3 is 10.1 Å². The van der Waals surface area contributed by atoms with E-state index in [-0.39, 0.29) is 0 Å². The molecule has 112 valence electrons. The maximum absolute atomic E-state index is 5.80. The molecular formula is C17H28N2O. The van der Waals surface area contributed by atoms with E-state index in [4.69, 9.17) is 4.74 Å². The number of hydrogen-bond acceptors (Lipinski definition) is 3. The number of hydrogen-bond donors (Lipinski definition) is 1. The van der Waals surface area contributed by atoms with Gasteiger partial charge in [-0.15, -0.1) is 0 Å². The van der Waals surface area contributed by atoms with Crippen LogP contribution in [0.1, 0.15) is 32.3 Å². The van der Waals surface area contributed by atoms with Crippen LogP contribution in [0.25, 0.3) is 0 Å². The molecule has 0 atom stereocenters. The number of fused-ring (bicyclic) bond motifs is 1. The quantitative estimate of drug-likeness (QED) is 0.775. The molecule has 1 aromatic rings. The first-order valence-corrected chi connectivity index (χ1v) is 7.89. The molecule has 0 fully saturated rings. The second kappa shape index (κ2) is 8.28. The fourth-order valence-electron chi connectivity index (χ4n) is 2.55. The van der Waals surface area contributed by atoms with Crippen molar-refractivity contribution in [1.82, 2.24) is 10.2 Å². The molecule has 0 radical (unpaired) electrons. The molecule has 20 heavy (non-hydrogen) atoms. The number of benzene rings is 1. The highest BCUT2D eigenvalue weighted by molar-refractivity contribution is 5.33. The molecule has 0 bridgehead atoms. The Kier molecular flexibility index (Phi) is 6.34. The summed E-state index contributed by atoms with van der Waals surface area (Å²) >= 11 is 0. The van der Waals surface area contributed by atoms with E-state index in [1.807, 2.05) is 0 Å². The van der Waals surface area contributed by atoms with Crippen molar-refractivity contribution in [1.29, 1.82) is 0 Å². The monoisotopic (exact) mass is 276 g/mol. The summed E-state index contributed by atoms with van der Waals surface area (Å²) in [6, 6.07) is 8.41. The van der Waals surface area contributed by atoms with Gasteiger partial charge in [-0.3, -0.25) is 4.90 Å². The van der Waals surface area contributed by atoms with E-state index in [0.717, 1.165) is 44.5 Å². The number of rotatable bonds is 7.